The molecule has 0 saturated heterocycles. The van der Waals surface area contributed by atoms with Crippen LogP contribution < -0.4 is 5.55 Å². The minimum atomic E-state index is -1.24. The van der Waals surface area contributed by atoms with Crippen molar-refractivity contribution < 1.29 is 19.4 Å². The number of hydrogen-bond donors (Lipinski definition) is 3. The number of rotatable bonds is 2. The van der Waals surface area contributed by atoms with Crippen molar-refractivity contribution in [2.24, 2.45) is 0 Å². The fourth-order valence-electron chi connectivity index (χ4n) is 1.58. The molecule has 0 unspecified atom stereocenters. The first kappa shape index (κ1) is 11.3. The van der Waals surface area contributed by atoms with E-state index in [0.717, 1.165) is 0 Å². The molecule has 88 valence electrons. The molecule has 0 spiro atoms. The zero-order valence-electron chi connectivity index (χ0n) is 9.02. The Morgan fingerprint density at radius 1 is 1.59 bits per heavy atom. The zero-order chi connectivity index (χ0) is 12.6. The summed E-state index contributed by atoms with van der Waals surface area (Å²) in [5.41, 5.74) is 0.723. The maximum Gasteiger partial charge on any atom is 0.341 e. The maximum absolute atomic E-state index is 10.9. The monoisotopic (exact) mass is 234 g/mol. The van der Waals surface area contributed by atoms with Gasteiger partial charge in [0.15, 0.2) is 0 Å². The van der Waals surface area contributed by atoms with Gasteiger partial charge in [-0.05, 0) is 13.0 Å². The lowest BCUT2D eigenvalue weighted by atomic mass is 10.1. The average molecular weight is 234 g/mol. The number of aliphatic hydroxyl groups excluding tert-OH is 1. The SMILES string of the molecule is Cc1cnc(CO)c2cc(C(=O)O)c(=N)oc12. The second kappa shape index (κ2) is 3.99. The topological polar surface area (TPSA) is 107 Å². The number of carboxylic acid groups (broad SMARTS) is 1. The minimum absolute atomic E-state index is 0.250. The first-order chi connectivity index (χ1) is 8.04. The fraction of sp³-hybridized carbons (Fsp3) is 0.182. The quantitative estimate of drug-likeness (QED) is 0.712. The molecule has 17 heavy (non-hydrogen) atoms. The van der Waals surface area contributed by atoms with E-state index in [1.807, 2.05) is 0 Å². The molecule has 6 heteroatoms. The summed E-state index contributed by atoms with van der Waals surface area (Å²) in [5.74, 6) is -1.24. The summed E-state index contributed by atoms with van der Waals surface area (Å²) >= 11 is 0. The molecule has 2 aromatic heterocycles. The van der Waals surface area contributed by atoms with Crippen LogP contribution in [0.2, 0.25) is 0 Å². The van der Waals surface area contributed by atoms with Crippen molar-refractivity contribution >= 4 is 16.9 Å². The van der Waals surface area contributed by atoms with Gasteiger partial charge in [-0.2, -0.15) is 0 Å². The third-order valence-electron chi connectivity index (χ3n) is 2.45. The molecule has 0 aromatic carbocycles. The molecule has 0 saturated carbocycles. The molecule has 0 atom stereocenters. The molecular formula is C11H10N2O4. The van der Waals surface area contributed by atoms with Crippen molar-refractivity contribution in [1.29, 1.82) is 5.41 Å². The number of carboxylic acids is 1. The fourth-order valence-corrected chi connectivity index (χ4v) is 1.58. The molecule has 0 aliphatic carbocycles. The van der Waals surface area contributed by atoms with Gasteiger partial charge in [-0.25, -0.2) is 4.79 Å². The van der Waals surface area contributed by atoms with Crippen LogP contribution in [0.1, 0.15) is 21.6 Å². The Kier molecular flexibility index (Phi) is 2.64. The standard InChI is InChI=1S/C11H10N2O4/c1-5-3-13-8(4-14)6-2-7(11(15)16)10(12)17-9(5)6/h2-3,12,14H,4H2,1H3,(H,15,16). The van der Waals surface area contributed by atoms with Gasteiger partial charge in [-0.1, -0.05) is 0 Å². The lowest BCUT2D eigenvalue weighted by molar-refractivity contribution is 0.0691. The Bertz CT molecular complexity index is 660. The number of pyridine rings is 1. The molecule has 0 aliphatic heterocycles. The van der Waals surface area contributed by atoms with E-state index in [0.29, 0.717) is 22.2 Å². The summed E-state index contributed by atoms with van der Waals surface area (Å²) in [7, 11) is 0. The van der Waals surface area contributed by atoms with Crippen LogP contribution in [0.25, 0.3) is 11.0 Å². The summed E-state index contributed by atoms with van der Waals surface area (Å²) < 4.78 is 5.16. The van der Waals surface area contributed by atoms with E-state index in [1.165, 1.54) is 12.3 Å². The largest absolute Gasteiger partial charge is 0.477 e. The average Bonchev–Trinajstić information content (AvgIpc) is 2.29. The number of fused-ring (bicyclic) bond motifs is 1. The van der Waals surface area contributed by atoms with Crippen LogP contribution in [0.5, 0.6) is 0 Å². The highest BCUT2D eigenvalue weighted by Gasteiger charge is 2.13. The Hall–Kier alpha value is -2.21. The van der Waals surface area contributed by atoms with Crippen LogP contribution in [-0.4, -0.2) is 21.2 Å². The second-order valence-corrected chi connectivity index (χ2v) is 3.58. The lowest BCUT2D eigenvalue weighted by Crippen LogP contribution is -2.14. The van der Waals surface area contributed by atoms with Crippen LogP contribution in [0, 0.1) is 12.3 Å². The van der Waals surface area contributed by atoms with Crippen molar-refractivity contribution in [1.82, 2.24) is 4.98 Å². The number of aryl methyl sites for hydroxylation is 1. The summed E-state index contributed by atoms with van der Waals surface area (Å²) in [6, 6.07) is 1.30. The molecule has 0 radical (unpaired) electrons. The van der Waals surface area contributed by atoms with E-state index >= 15 is 0 Å². The Morgan fingerprint density at radius 2 is 2.29 bits per heavy atom. The van der Waals surface area contributed by atoms with Crippen LogP contribution >= 0.6 is 0 Å². The first-order valence-corrected chi connectivity index (χ1v) is 4.85. The van der Waals surface area contributed by atoms with Gasteiger partial charge in [0.2, 0.25) is 5.55 Å². The molecule has 3 N–H and O–H groups in total. The van der Waals surface area contributed by atoms with E-state index in [9.17, 15) is 4.79 Å². The highest BCUT2D eigenvalue weighted by molar-refractivity contribution is 5.92. The van der Waals surface area contributed by atoms with E-state index in [-0.39, 0.29) is 12.2 Å². The Morgan fingerprint density at radius 3 is 2.88 bits per heavy atom. The number of nitrogens with one attached hydrogen (secondary N) is 1. The number of aromatic nitrogens is 1. The molecule has 0 amide bonds. The number of nitrogens with zero attached hydrogens (tertiary/aromatic N) is 1. The molecule has 2 aromatic rings. The molecule has 0 fully saturated rings. The number of aliphatic hydroxyl groups is 1. The smallest absolute Gasteiger partial charge is 0.341 e. The zero-order valence-corrected chi connectivity index (χ0v) is 9.02. The van der Waals surface area contributed by atoms with E-state index in [2.05, 4.69) is 4.98 Å². The lowest BCUT2D eigenvalue weighted by Gasteiger charge is -2.06. The van der Waals surface area contributed by atoms with Gasteiger partial charge < -0.3 is 14.6 Å². The molecule has 2 heterocycles. The molecule has 6 nitrogen and oxygen atoms in total. The van der Waals surface area contributed by atoms with E-state index in [4.69, 9.17) is 20.0 Å². The predicted octanol–water partition coefficient (Wildman–Crippen LogP) is 0.806. The third-order valence-corrected chi connectivity index (χ3v) is 2.45. The maximum atomic E-state index is 10.9. The summed E-state index contributed by atoms with van der Waals surface area (Å²) in [6.07, 6.45) is 1.51. The van der Waals surface area contributed by atoms with Crippen molar-refractivity contribution in [2.75, 3.05) is 0 Å². The van der Waals surface area contributed by atoms with Gasteiger partial charge in [0.25, 0.3) is 0 Å². The van der Waals surface area contributed by atoms with Crippen molar-refractivity contribution in [3.05, 3.63) is 34.6 Å². The number of hydrogen-bond acceptors (Lipinski definition) is 5. The van der Waals surface area contributed by atoms with Crippen LogP contribution in [-0.2, 0) is 6.61 Å². The van der Waals surface area contributed by atoms with Gasteiger partial charge >= 0.3 is 5.97 Å². The van der Waals surface area contributed by atoms with Crippen molar-refractivity contribution in [3.63, 3.8) is 0 Å². The van der Waals surface area contributed by atoms with Gasteiger partial charge in [-0.3, -0.25) is 10.4 Å². The predicted molar refractivity (Wildman–Crippen MR) is 57.5 cm³/mol. The van der Waals surface area contributed by atoms with Crippen molar-refractivity contribution in [3.8, 4) is 0 Å². The van der Waals surface area contributed by atoms with Gasteiger partial charge in [-0.15, -0.1) is 0 Å². The van der Waals surface area contributed by atoms with Crippen LogP contribution in [0.4, 0.5) is 0 Å². The normalized spacial score (nSPS) is 10.7. The highest BCUT2D eigenvalue weighted by Crippen LogP contribution is 2.20. The summed E-state index contributed by atoms with van der Waals surface area (Å²) in [5, 5.41) is 25.9. The number of carbonyl (C=O) groups is 1. The third kappa shape index (κ3) is 1.78. The van der Waals surface area contributed by atoms with Crippen LogP contribution in [0.3, 0.4) is 0 Å². The Balaban J connectivity index is 2.92. The molecule has 0 aliphatic rings. The second-order valence-electron chi connectivity index (χ2n) is 3.58. The van der Waals surface area contributed by atoms with E-state index in [1.54, 1.807) is 6.92 Å². The van der Waals surface area contributed by atoms with Crippen LogP contribution in [0.15, 0.2) is 16.7 Å². The van der Waals surface area contributed by atoms with Crippen molar-refractivity contribution in [2.45, 2.75) is 13.5 Å². The first-order valence-electron chi connectivity index (χ1n) is 4.85. The van der Waals surface area contributed by atoms with Gasteiger partial charge in [0, 0.05) is 17.1 Å². The number of aromatic carboxylic acids is 1. The summed E-state index contributed by atoms with van der Waals surface area (Å²) in [6.45, 7) is 1.42. The van der Waals surface area contributed by atoms with Gasteiger partial charge in [0.05, 0.1) is 12.3 Å². The summed E-state index contributed by atoms with van der Waals surface area (Å²) in [4.78, 5) is 14.9. The van der Waals surface area contributed by atoms with E-state index < -0.39 is 11.5 Å². The molecule has 0 bridgehead atoms. The molecule has 2 rings (SSSR count). The van der Waals surface area contributed by atoms with Gasteiger partial charge in [0.1, 0.15) is 11.1 Å². The highest BCUT2D eigenvalue weighted by atomic mass is 16.4. The minimum Gasteiger partial charge on any atom is -0.477 e. The molecular weight excluding hydrogens is 224 g/mol. The Labute approximate surface area is 95.7 Å².